The molecule has 152 valence electrons. The number of hydrogen-bond acceptors (Lipinski definition) is 6. The number of nitrogens with two attached hydrogens (primary N) is 1. The van der Waals surface area contributed by atoms with Crippen molar-refractivity contribution in [2.75, 3.05) is 11.9 Å². The molecule has 8 nitrogen and oxygen atoms in total. The Bertz CT molecular complexity index is 1190. The predicted octanol–water partition coefficient (Wildman–Crippen LogP) is 2.62. The fourth-order valence-corrected chi connectivity index (χ4v) is 3.39. The van der Waals surface area contributed by atoms with E-state index in [0.29, 0.717) is 35.0 Å². The summed E-state index contributed by atoms with van der Waals surface area (Å²) in [5.41, 5.74) is 8.26. The zero-order valence-electron chi connectivity index (χ0n) is 16.5. The lowest BCUT2D eigenvalue weighted by Gasteiger charge is -2.16. The highest BCUT2D eigenvalue weighted by molar-refractivity contribution is 5.96. The Morgan fingerprint density at radius 3 is 2.70 bits per heavy atom. The summed E-state index contributed by atoms with van der Waals surface area (Å²) in [6, 6.07) is 15.2. The normalized spacial score (nSPS) is 12.1. The highest BCUT2D eigenvalue weighted by atomic mass is 16.3. The van der Waals surface area contributed by atoms with E-state index in [-0.39, 0.29) is 12.6 Å². The second-order valence-electron chi connectivity index (χ2n) is 6.94. The first-order chi connectivity index (χ1) is 14.6. The number of benzene rings is 2. The first-order valence-corrected chi connectivity index (χ1v) is 9.62. The largest absolute Gasteiger partial charge is 0.396 e. The lowest BCUT2D eigenvalue weighted by molar-refractivity contribution is 0.100. The fraction of sp³-hybridized carbons (Fsp3) is 0.182. The van der Waals surface area contributed by atoms with Crippen LogP contribution in [0.4, 0.5) is 5.82 Å². The van der Waals surface area contributed by atoms with Crippen LogP contribution in [-0.4, -0.2) is 37.1 Å². The maximum Gasteiger partial charge on any atom is 0.248 e. The quantitative estimate of drug-likeness (QED) is 0.437. The number of hydrogen-bond donors (Lipinski definition) is 3. The van der Waals surface area contributed by atoms with Crippen LogP contribution in [0.3, 0.4) is 0 Å². The molecule has 0 fully saturated rings. The monoisotopic (exact) mass is 402 g/mol. The summed E-state index contributed by atoms with van der Waals surface area (Å²) in [4.78, 5) is 25.1. The third kappa shape index (κ3) is 3.85. The smallest absolute Gasteiger partial charge is 0.248 e. The number of amides is 1. The minimum absolute atomic E-state index is 0.0466. The van der Waals surface area contributed by atoms with Crippen molar-refractivity contribution in [3.05, 3.63) is 77.9 Å². The number of nitrogens with zero attached hydrogens (tertiary/aromatic N) is 4. The van der Waals surface area contributed by atoms with Crippen LogP contribution in [0.5, 0.6) is 0 Å². The number of imidazole rings is 1. The second kappa shape index (κ2) is 8.30. The van der Waals surface area contributed by atoms with Gasteiger partial charge in [0.2, 0.25) is 5.91 Å². The molecule has 1 atom stereocenters. The zero-order valence-corrected chi connectivity index (χ0v) is 16.5. The molecule has 4 rings (SSSR count). The summed E-state index contributed by atoms with van der Waals surface area (Å²) in [5.74, 6) is 1.29. The number of aromatic nitrogens is 4. The number of fused-ring (bicyclic) bond motifs is 1. The van der Waals surface area contributed by atoms with Crippen LogP contribution in [0.2, 0.25) is 0 Å². The molecule has 0 aliphatic heterocycles. The summed E-state index contributed by atoms with van der Waals surface area (Å²) in [5, 5.41) is 12.8. The molecule has 0 saturated carbocycles. The molecule has 0 saturated heterocycles. The summed E-state index contributed by atoms with van der Waals surface area (Å²) >= 11 is 0. The Balaban J connectivity index is 1.73. The van der Waals surface area contributed by atoms with Crippen molar-refractivity contribution in [3.63, 3.8) is 0 Å². The van der Waals surface area contributed by atoms with E-state index in [1.54, 1.807) is 30.6 Å². The van der Waals surface area contributed by atoms with E-state index >= 15 is 0 Å². The summed E-state index contributed by atoms with van der Waals surface area (Å²) in [6.07, 6.45) is 3.64. The van der Waals surface area contributed by atoms with Gasteiger partial charge in [-0.3, -0.25) is 14.3 Å². The molecule has 2 aromatic carbocycles. The van der Waals surface area contributed by atoms with Crippen LogP contribution < -0.4 is 11.1 Å². The number of anilines is 1. The summed E-state index contributed by atoms with van der Waals surface area (Å²) < 4.78 is 1.84. The number of aliphatic hydroxyl groups is 1. The summed E-state index contributed by atoms with van der Waals surface area (Å²) in [7, 11) is 0. The molecule has 0 radical (unpaired) electrons. The maximum atomic E-state index is 11.5. The van der Waals surface area contributed by atoms with Crippen LogP contribution in [0, 0.1) is 0 Å². The van der Waals surface area contributed by atoms with E-state index in [4.69, 9.17) is 10.7 Å². The minimum Gasteiger partial charge on any atom is -0.396 e. The number of nitrogens with one attached hydrogen (secondary N) is 1. The van der Waals surface area contributed by atoms with Gasteiger partial charge in [-0.1, -0.05) is 30.3 Å². The molecule has 2 aromatic heterocycles. The Hall–Kier alpha value is -3.78. The van der Waals surface area contributed by atoms with Gasteiger partial charge in [0.1, 0.15) is 11.6 Å². The molecule has 30 heavy (non-hydrogen) atoms. The van der Waals surface area contributed by atoms with Crippen molar-refractivity contribution in [3.8, 4) is 5.82 Å². The van der Waals surface area contributed by atoms with Gasteiger partial charge < -0.3 is 16.2 Å². The van der Waals surface area contributed by atoms with Gasteiger partial charge in [0, 0.05) is 18.0 Å². The number of rotatable bonds is 7. The fourth-order valence-electron chi connectivity index (χ4n) is 3.39. The predicted molar refractivity (Wildman–Crippen MR) is 114 cm³/mol. The van der Waals surface area contributed by atoms with Gasteiger partial charge in [-0.05, 0) is 30.7 Å². The van der Waals surface area contributed by atoms with Gasteiger partial charge in [0.25, 0.3) is 0 Å². The van der Waals surface area contributed by atoms with Crippen molar-refractivity contribution in [1.29, 1.82) is 0 Å². The van der Waals surface area contributed by atoms with Crippen LogP contribution in [0.1, 0.15) is 34.7 Å². The van der Waals surface area contributed by atoms with Gasteiger partial charge in [-0.15, -0.1) is 0 Å². The van der Waals surface area contributed by atoms with Crippen molar-refractivity contribution in [2.45, 2.75) is 19.4 Å². The molecule has 4 N–H and O–H groups in total. The number of carbonyl (C=O) groups excluding carboxylic acids is 1. The zero-order chi connectivity index (χ0) is 21.1. The Labute approximate surface area is 173 Å². The highest BCUT2D eigenvalue weighted by Crippen LogP contribution is 2.23. The van der Waals surface area contributed by atoms with Gasteiger partial charge in [-0.25, -0.2) is 9.97 Å². The third-order valence-corrected chi connectivity index (χ3v) is 4.86. The van der Waals surface area contributed by atoms with Crippen LogP contribution in [-0.2, 0) is 6.42 Å². The molecule has 0 bridgehead atoms. The van der Waals surface area contributed by atoms with Crippen LogP contribution in [0.25, 0.3) is 16.9 Å². The maximum absolute atomic E-state index is 11.5. The van der Waals surface area contributed by atoms with E-state index in [1.165, 1.54) is 0 Å². The van der Waals surface area contributed by atoms with Crippen molar-refractivity contribution < 1.29 is 9.90 Å². The van der Waals surface area contributed by atoms with Crippen molar-refractivity contribution >= 4 is 22.8 Å². The van der Waals surface area contributed by atoms with Gasteiger partial charge in [0.15, 0.2) is 5.82 Å². The Morgan fingerprint density at radius 1 is 1.17 bits per heavy atom. The average molecular weight is 402 g/mol. The summed E-state index contributed by atoms with van der Waals surface area (Å²) in [6.45, 7) is 1.99. The highest BCUT2D eigenvalue weighted by Gasteiger charge is 2.16. The van der Waals surface area contributed by atoms with E-state index in [0.717, 1.165) is 11.1 Å². The molecule has 8 heteroatoms. The van der Waals surface area contributed by atoms with Crippen LogP contribution >= 0.6 is 0 Å². The number of aliphatic hydroxyl groups excluding tert-OH is 1. The lowest BCUT2D eigenvalue weighted by atomic mass is 10.1. The first-order valence-electron chi connectivity index (χ1n) is 9.62. The Kier molecular flexibility index (Phi) is 5.40. The SMILES string of the molecule is C[C@H](Nc1cncc(-n2c(CCO)nc3cc(C(N)=O)ccc32)n1)c1ccccc1. The molecule has 0 aliphatic rings. The Morgan fingerprint density at radius 2 is 1.97 bits per heavy atom. The van der Waals surface area contributed by atoms with Crippen LogP contribution in [0.15, 0.2) is 60.9 Å². The van der Waals surface area contributed by atoms with Crippen molar-refractivity contribution in [2.24, 2.45) is 5.73 Å². The lowest BCUT2D eigenvalue weighted by Crippen LogP contribution is -2.11. The second-order valence-corrected chi connectivity index (χ2v) is 6.94. The number of carbonyl (C=O) groups is 1. The van der Waals surface area contributed by atoms with E-state index in [2.05, 4.69) is 22.2 Å². The molecule has 0 spiro atoms. The van der Waals surface area contributed by atoms with Crippen molar-refractivity contribution in [1.82, 2.24) is 19.5 Å². The first kappa shape index (κ1) is 19.5. The topological polar surface area (TPSA) is 119 Å². The molecular formula is C22H22N6O2. The van der Waals surface area contributed by atoms with E-state index < -0.39 is 5.91 Å². The standard InChI is InChI=1S/C22H22N6O2/c1-14(15-5-3-2-4-6-15)25-19-12-24-13-21(27-19)28-18-8-7-16(22(23)30)11-17(18)26-20(28)9-10-29/h2-8,11-14,29H,9-10H2,1H3,(H2,23,30)(H,25,27)/t14-/m0/s1. The van der Waals surface area contributed by atoms with E-state index in [9.17, 15) is 9.90 Å². The molecule has 2 heterocycles. The molecule has 1 amide bonds. The third-order valence-electron chi connectivity index (χ3n) is 4.86. The molecule has 0 aliphatic carbocycles. The molecule has 0 unspecified atom stereocenters. The number of primary amides is 1. The van der Waals surface area contributed by atoms with Gasteiger partial charge >= 0.3 is 0 Å². The molecule has 4 aromatic rings. The van der Waals surface area contributed by atoms with Gasteiger partial charge in [0.05, 0.1) is 30.0 Å². The van der Waals surface area contributed by atoms with E-state index in [1.807, 2.05) is 34.9 Å². The minimum atomic E-state index is -0.518. The van der Waals surface area contributed by atoms with Gasteiger partial charge in [-0.2, -0.15) is 0 Å². The molecular weight excluding hydrogens is 380 g/mol. The average Bonchev–Trinajstić information content (AvgIpc) is 3.12.